The number of benzene rings is 1. The van der Waals surface area contributed by atoms with Gasteiger partial charge in [-0.25, -0.2) is 0 Å². The number of hydrogen-bond acceptors (Lipinski definition) is 2. The van der Waals surface area contributed by atoms with Crippen LogP contribution >= 0.6 is 0 Å². The van der Waals surface area contributed by atoms with Gasteiger partial charge in [-0.15, -0.1) is 0 Å². The van der Waals surface area contributed by atoms with E-state index in [1.54, 1.807) is 0 Å². The minimum atomic E-state index is 0.0914. The van der Waals surface area contributed by atoms with Crippen LogP contribution in [0.4, 0.5) is 0 Å². The highest BCUT2D eigenvalue weighted by atomic mass is 16.3. The quantitative estimate of drug-likeness (QED) is 0.834. The second-order valence-electron chi connectivity index (χ2n) is 4.51. The maximum Gasteiger partial charge on any atom is 0.134 e. The fraction of sp³-hybridized carbons (Fsp3) is 0.467. The van der Waals surface area contributed by atoms with E-state index in [-0.39, 0.29) is 6.04 Å². The summed E-state index contributed by atoms with van der Waals surface area (Å²) in [5.74, 6) is 1.82. The van der Waals surface area contributed by atoms with Crippen LogP contribution in [-0.4, -0.2) is 0 Å². The van der Waals surface area contributed by atoms with Crippen molar-refractivity contribution in [3.05, 3.63) is 35.6 Å². The average Bonchev–Trinajstić information content (AvgIpc) is 3.10. The highest BCUT2D eigenvalue weighted by Crippen LogP contribution is 2.42. The van der Waals surface area contributed by atoms with Crippen molar-refractivity contribution in [1.82, 2.24) is 0 Å². The molecule has 1 heterocycles. The van der Waals surface area contributed by atoms with Gasteiger partial charge >= 0.3 is 0 Å². The van der Waals surface area contributed by atoms with Gasteiger partial charge in [0.15, 0.2) is 0 Å². The van der Waals surface area contributed by atoms with E-state index in [0.29, 0.717) is 5.92 Å². The van der Waals surface area contributed by atoms with Crippen molar-refractivity contribution in [1.29, 1.82) is 0 Å². The number of furan rings is 1. The lowest BCUT2D eigenvalue weighted by Crippen LogP contribution is -2.03. The Morgan fingerprint density at radius 1 is 1.24 bits per heavy atom. The Balaban J connectivity index is 0.000000514. The molecule has 2 aromatic rings. The molecule has 0 saturated heterocycles. The van der Waals surface area contributed by atoms with E-state index >= 15 is 0 Å². The minimum absolute atomic E-state index is 0.0914. The smallest absolute Gasteiger partial charge is 0.134 e. The zero-order chi connectivity index (χ0) is 12.4. The second kappa shape index (κ2) is 4.92. The first-order valence-electron chi connectivity index (χ1n) is 6.53. The fourth-order valence-corrected chi connectivity index (χ4v) is 1.93. The fourth-order valence-electron chi connectivity index (χ4n) is 1.93. The van der Waals surface area contributed by atoms with Gasteiger partial charge in [0, 0.05) is 17.3 Å². The van der Waals surface area contributed by atoms with E-state index in [2.05, 4.69) is 12.1 Å². The van der Waals surface area contributed by atoms with Crippen LogP contribution in [0.5, 0.6) is 0 Å². The largest absolute Gasteiger partial charge is 0.461 e. The van der Waals surface area contributed by atoms with Gasteiger partial charge in [0.2, 0.25) is 0 Å². The predicted octanol–water partition coefficient (Wildman–Crippen LogP) is 4.36. The van der Waals surface area contributed by atoms with Crippen LogP contribution in [0.3, 0.4) is 0 Å². The second-order valence-corrected chi connectivity index (χ2v) is 4.51. The molecule has 0 bridgehead atoms. The first kappa shape index (κ1) is 12.2. The molecule has 1 unspecified atom stereocenters. The Kier molecular flexibility index (Phi) is 3.53. The van der Waals surface area contributed by atoms with E-state index in [4.69, 9.17) is 10.2 Å². The molecule has 1 saturated carbocycles. The minimum Gasteiger partial charge on any atom is -0.461 e. The SMILES string of the molecule is CC.CC(N)c1ccc2oc(C3CC3)cc2c1. The van der Waals surface area contributed by atoms with Crippen LogP contribution in [-0.2, 0) is 0 Å². The zero-order valence-corrected chi connectivity index (χ0v) is 10.9. The third-order valence-electron chi connectivity index (χ3n) is 3.06. The number of rotatable bonds is 2. The maximum atomic E-state index is 5.85. The lowest BCUT2D eigenvalue weighted by molar-refractivity contribution is 0.552. The summed E-state index contributed by atoms with van der Waals surface area (Å²) in [6, 6.07) is 8.47. The molecular formula is C15H21NO. The molecular weight excluding hydrogens is 210 g/mol. The van der Waals surface area contributed by atoms with Crippen molar-refractivity contribution in [2.24, 2.45) is 5.73 Å². The Labute approximate surface area is 103 Å². The third kappa shape index (κ3) is 2.52. The van der Waals surface area contributed by atoms with Crippen LogP contribution in [0, 0.1) is 0 Å². The molecule has 1 atom stereocenters. The first-order valence-corrected chi connectivity index (χ1v) is 6.53. The summed E-state index contributed by atoms with van der Waals surface area (Å²) in [6.45, 7) is 6.00. The van der Waals surface area contributed by atoms with E-state index in [1.807, 2.05) is 32.9 Å². The number of fused-ring (bicyclic) bond motifs is 1. The normalized spacial score (nSPS) is 16.5. The molecule has 1 aliphatic carbocycles. The Morgan fingerprint density at radius 3 is 2.53 bits per heavy atom. The summed E-state index contributed by atoms with van der Waals surface area (Å²) in [5.41, 5.74) is 8.01. The molecule has 1 fully saturated rings. The van der Waals surface area contributed by atoms with Crippen LogP contribution in [0.2, 0.25) is 0 Å². The molecule has 0 aliphatic heterocycles. The van der Waals surface area contributed by atoms with E-state index < -0.39 is 0 Å². The Hall–Kier alpha value is -1.28. The topological polar surface area (TPSA) is 39.2 Å². The van der Waals surface area contributed by atoms with E-state index in [1.165, 1.54) is 23.8 Å². The zero-order valence-electron chi connectivity index (χ0n) is 10.9. The predicted molar refractivity (Wildman–Crippen MR) is 72.1 cm³/mol. The molecule has 0 amide bonds. The number of nitrogens with two attached hydrogens (primary N) is 1. The summed E-state index contributed by atoms with van der Waals surface area (Å²) in [5, 5.41) is 1.19. The lowest BCUT2D eigenvalue weighted by atomic mass is 10.1. The number of hydrogen-bond donors (Lipinski definition) is 1. The summed E-state index contributed by atoms with van der Waals surface area (Å²) < 4.78 is 5.79. The third-order valence-corrected chi connectivity index (χ3v) is 3.06. The summed E-state index contributed by atoms with van der Waals surface area (Å²) in [6.07, 6.45) is 2.56. The highest BCUT2D eigenvalue weighted by molar-refractivity contribution is 5.79. The molecule has 0 radical (unpaired) electrons. The van der Waals surface area contributed by atoms with Crippen molar-refractivity contribution in [2.75, 3.05) is 0 Å². The molecule has 0 spiro atoms. The molecule has 2 nitrogen and oxygen atoms in total. The summed E-state index contributed by atoms with van der Waals surface area (Å²) in [7, 11) is 0. The molecule has 2 N–H and O–H groups in total. The van der Waals surface area contributed by atoms with Crippen LogP contribution in [0.1, 0.15) is 56.9 Å². The van der Waals surface area contributed by atoms with Crippen LogP contribution in [0.15, 0.2) is 28.7 Å². The lowest BCUT2D eigenvalue weighted by Gasteiger charge is -2.03. The molecule has 1 aliphatic rings. The average molecular weight is 231 g/mol. The monoisotopic (exact) mass is 231 g/mol. The molecule has 2 heteroatoms. The van der Waals surface area contributed by atoms with Crippen molar-refractivity contribution in [3.63, 3.8) is 0 Å². The molecule has 3 rings (SSSR count). The molecule has 17 heavy (non-hydrogen) atoms. The van der Waals surface area contributed by atoms with Gasteiger partial charge in [-0.3, -0.25) is 0 Å². The van der Waals surface area contributed by atoms with Crippen molar-refractivity contribution in [2.45, 2.75) is 45.6 Å². The van der Waals surface area contributed by atoms with Gasteiger partial charge in [0.25, 0.3) is 0 Å². The van der Waals surface area contributed by atoms with Crippen molar-refractivity contribution in [3.8, 4) is 0 Å². The Morgan fingerprint density at radius 2 is 1.94 bits per heavy atom. The van der Waals surface area contributed by atoms with Crippen molar-refractivity contribution >= 4 is 11.0 Å². The molecule has 92 valence electrons. The first-order chi connectivity index (χ1) is 8.24. The maximum absolute atomic E-state index is 5.85. The van der Waals surface area contributed by atoms with Gasteiger partial charge in [-0.2, -0.15) is 0 Å². The Bertz CT molecular complexity index is 495. The van der Waals surface area contributed by atoms with Crippen LogP contribution < -0.4 is 5.73 Å². The van der Waals surface area contributed by atoms with Gasteiger partial charge < -0.3 is 10.2 Å². The molecule has 1 aromatic heterocycles. The van der Waals surface area contributed by atoms with Crippen LogP contribution in [0.25, 0.3) is 11.0 Å². The van der Waals surface area contributed by atoms with Gasteiger partial charge in [-0.05, 0) is 43.5 Å². The van der Waals surface area contributed by atoms with Gasteiger partial charge in [0.1, 0.15) is 11.3 Å². The molecule has 1 aromatic carbocycles. The standard InChI is InChI=1S/C13H15NO.C2H6/c1-8(14)10-4-5-12-11(6-10)7-13(15-12)9-2-3-9;1-2/h4-9H,2-3,14H2,1H3;1-2H3. The highest BCUT2D eigenvalue weighted by Gasteiger charge is 2.27. The van der Waals surface area contributed by atoms with Gasteiger partial charge in [-0.1, -0.05) is 19.9 Å². The summed E-state index contributed by atoms with van der Waals surface area (Å²) >= 11 is 0. The van der Waals surface area contributed by atoms with E-state index in [9.17, 15) is 0 Å². The van der Waals surface area contributed by atoms with Crippen molar-refractivity contribution < 1.29 is 4.42 Å². The van der Waals surface area contributed by atoms with Gasteiger partial charge in [0.05, 0.1) is 0 Å². The summed E-state index contributed by atoms with van der Waals surface area (Å²) in [4.78, 5) is 0. The van der Waals surface area contributed by atoms with E-state index in [0.717, 1.165) is 11.3 Å².